The van der Waals surface area contributed by atoms with Crippen LogP contribution in [-0.2, 0) is 5.75 Å². The maximum Gasteiger partial charge on any atom is 0.259 e. The molecule has 3 N–H and O–H groups in total. The molecule has 0 bridgehead atoms. The molecule has 0 aliphatic rings. The van der Waals surface area contributed by atoms with Crippen molar-refractivity contribution in [3.8, 4) is 11.5 Å². The van der Waals surface area contributed by atoms with Gasteiger partial charge >= 0.3 is 0 Å². The summed E-state index contributed by atoms with van der Waals surface area (Å²) in [6.45, 7) is 0. The molecule has 1 heterocycles. The van der Waals surface area contributed by atoms with E-state index in [0.717, 1.165) is 11.8 Å². The van der Waals surface area contributed by atoms with Crippen LogP contribution in [0.15, 0.2) is 28.8 Å². The van der Waals surface area contributed by atoms with E-state index in [1.807, 2.05) is 12.1 Å². The summed E-state index contributed by atoms with van der Waals surface area (Å²) in [6.07, 6.45) is 0. The third-order valence-electron chi connectivity index (χ3n) is 1.93. The molecule has 0 saturated carbocycles. The van der Waals surface area contributed by atoms with Gasteiger partial charge in [-0.3, -0.25) is 5.41 Å². The van der Waals surface area contributed by atoms with Crippen molar-refractivity contribution in [3.05, 3.63) is 35.1 Å². The Kier molecular flexibility index (Phi) is 3.65. The van der Waals surface area contributed by atoms with Crippen molar-refractivity contribution in [3.63, 3.8) is 0 Å². The second-order valence-electron chi connectivity index (χ2n) is 3.15. The predicted molar refractivity (Wildman–Crippen MR) is 68.0 cm³/mol. The first kappa shape index (κ1) is 11.9. The molecule has 1 aromatic carbocycles. The Morgan fingerprint density at radius 3 is 2.94 bits per heavy atom. The number of hydrogen-bond donors (Lipinski definition) is 2. The maximum absolute atomic E-state index is 7.08. The summed E-state index contributed by atoms with van der Waals surface area (Å²) in [5.41, 5.74) is 5.92. The minimum absolute atomic E-state index is 0.0223. The van der Waals surface area contributed by atoms with E-state index < -0.39 is 0 Å². The summed E-state index contributed by atoms with van der Waals surface area (Å²) in [6, 6.07) is 7.23. The first-order chi connectivity index (χ1) is 8.16. The summed E-state index contributed by atoms with van der Waals surface area (Å²) in [5.74, 6) is 1.26. The fourth-order valence-electron chi connectivity index (χ4n) is 1.20. The fourth-order valence-corrected chi connectivity index (χ4v) is 1.82. The van der Waals surface area contributed by atoms with E-state index in [9.17, 15) is 0 Å². The molecule has 88 valence electrons. The van der Waals surface area contributed by atoms with Gasteiger partial charge in [-0.25, -0.2) is 0 Å². The highest BCUT2D eigenvalue weighted by molar-refractivity contribution is 8.12. The molecule has 1 aromatic heterocycles. The van der Waals surface area contributed by atoms with Crippen LogP contribution in [0.4, 0.5) is 0 Å². The molecule has 2 aromatic rings. The quantitative estimate of drug-likeness (QED) is 0.659. The predicted octanol–water partition coefficient (Wildman–Crippen LogP) is 2.52. The van der Waals surface area contributed by atoms with Crippen LogP contribution < -0.4 is 5.73 Å². The van der Waals surface area contributed by atoms with E-state index in [1.165, 1.54) is 0 Å². The molecule has 17 heavy (non-hydrogen) atoms. The van der Waals surface area contributed by atoms with Crippen molar-refractivity contribution in [2.45, 2.75) is 5.75 Å². The molecule has 0 unspecified atom stereocenters. The molecular weight excluding hydrogens is 260 g/mol. The Balaban J connectivity index is 2.18. The van der Waals surface area contributed by atoms with Crippen LogP contribution in [0.2, 0.25) is 5.02 Å². The second-order valence-corrected chi connectivity index (χ2v) is 4.57. The lowest BCUT2D eigenvalue weighted by Crippen LogP contribution is -2.04. The molecule has 0 saturated heterocycles. The average molecular weight is 269 g/mol. The largest absolute Gasteiger partial charge is 0.379 e. The van der Waals surface area contributed by atoms with Gasteiger partial charge in [-0.15, -0.1) is 0 Å². The first-order valence-electron chi connectivity index (χ1n) is 4.71. The van der Waals surface area contributed by atoms with Gasteiger partial charge in [-0.05, 0) is 12.1 Å². The first-order valence-corrected chi connectivity index (χ1v) is 6.07. The van der Waals surface area contributed by atoms with Crippen molar-refractivity contribution < 1.29 is 4.52 Å². The summed E-state index contributed by atoms with van der Waals surface area (Å²) in [4.78, 5) is 4.18. The van der Waals surface area contributed by atoms with Crippen molar-refractivity contribution in [2.75, 3.05) is 0 Å². The highest BCUT2D eigenvalue weighted by atomic mass is 35.5. The van der Waals surface area contributed by atoms with Crippen molar-refractivity contribution in [1.29, 1.82) is 5.41 Å². The van der Waals surface area contributed by atoms with Gasteiger partial charge in [-0.1, -0.05) is 40.7 Å². The SMILES string of the molecule is N=C(N)SCc1noc(-c2ccccc2Cl)n1. The van der Waals surface area contributed by atoms with Gasteiger partial charge in [0.15, 0.2) is 11.0 Å². The topological polar surface area (TPSA) is 88.8 Å². The van der Waals surface area contributed by atoms with Gasteiger partial charge < -0.3 is 10.3 Å². The smallest absolute Gasteiger partial charge is 0.259 e. The van der Waals surface area contributed by atoms with E-state index in [0.29, 0.717) is 28.1 Å². The van der Waals surface area contributed by atoms with Gasteiger partial charge in [0.2, 0.25) is 0 Å². The number of nitrogens with zero attached hydrogens (tertiary/aromatic N) is 2. The van der Waals surface area contributed by atoms with Crippen LogP contribution in [-0.4, -0.2) is 15.3 Å². The Morgan fingerprint density at radius 1 is 1.47 bits per heavy atom. The second kappa shape index (κ2) is 5.20. The average Bonchev–Trinajstić information content (AvgIpc) is 2.75. The van der Waals surface area contributed by atoms with Crippen LogP contribution in [0.1, 0.15) is 5.82 Å². The summed E-state index contributed by atoms with van der Waals surface area (Å²) >= 11 is 7.15. The molecule has 0 amide bonds. The number of hydrogen-bond acceptors (Lipinski definition) is 5. The molecule has 0 aliphatic carbocycles. The lowest BCUT2D eigenvalue weighted by Gasteiger charge is -1.95. The number of aromatic nitrogens is 2. The molecule has 0 atom stereocenters. The standard InChI is InChI=1S/C10H9ClN4OS/c11-7-4-2-1-3-6(7)9-14-8(15-16-9)5-17-10(12)13/h1-4H,5H2,(H3,12,13). The molecule has 0 spiro atoms. The molecule has 5 nitrogen and oxygen atoms in total. The Morgan fingerprint density at radius 2 is 2.24 bits per heavy atom. The van der Waals surface area contributed by atoms with Crippen LogP contribution >= 0.6 is 23.4 Å². The van der Waals surface area contributed by atoms with Crippen LogP contribution in [0.3, 0.4) is 0 Å². The minimum Gasteiger partial charge on any atom is -0.379 e. The van der Waals surface area contributed by atoms with Crippen LogP contribution in [0.5, 0.6) is 0 Å². The molecule has 0 aliphatic heterocycles. The Bertz CT molecular complexity index is 543. The van der Waals surface area contributed by atoms with Gasteiger partial charge in [-0.2, -0.15) is 4.98 Å². The van der Waals surface area contributed by atoms with E-state index in [1.54, 1.807) is 12.1 Å². The Hall–Kier alpha value is -1.53. The van der Waals surface area contributed by atoms with Crippen molar-refractivity contribution >= 4 is 28.5 Å². The maximum atomic E-state index is 7.08. The normalized spacial score (nSPS) is 10.4. The van der Waals surface area contributed by atoms with Gasteiger partial charge in [0, 0.05) is 0 Å². The summed E-state index contributed by atoms with van der Waals surface area (Å²) < 4.78 is 5.09. The minimum atomic E-state index is 0.0223. The van der Waals surface area contributed by atoms with E-state index in [4.69, 9.17) is 27.3 Å². The molecule has 7 heteroatoms. The highest BCUT2D eigenvalue weighted by Crippen LogP contribution is 2.26. The Labute approximate surface area is 107 Å². The summed E-state index contributed by atoms with van der Waals surface area (Å²) in [7, 11) is 0. The van der Waals surface area contributed by atoms with Gasteiger partial charge in [0.1, 0.15) is 0 Å². The summed E-state index contributed by atoms with van der Waals surface area (Å²) in [5, 5.41) is 11.4. The zero-order valence-electron chi connectivity index (χ0n) is 8.68. The number of halogens is 1. The lowest BCUT2D eigenvalue weighted by molar-refractivity contribution is 0.425. The number of amidine groups is 1. The number of rotatable bonds is 3. The third-order valence-corrected chi connectivity index (χ3v) is 2.97. The van der Waals surface area contributed by atoms with E-state index in [-0.39, 0.29) is 5.17 Å². The zero-order valence-corrected chi connectivity index (χ0v) is 10.3. The number of nitrogens with one attached hydrogen (secondary N) is 1. The molecular formula is C10H9ClN4OS. The highest BCUT2D eigenvalue weighted by Gasteiger charge is 2.11. The van der Waals surface area contributed by atoms with Gasteiger partial charge in [0.25, 0.3) is 5.89 Å². The third kappa shape index (κ3) is 2.98. The zero-order chi connectivity index (χ0) is 12.3. The van der Waals surface area contributed by atoms with E-state index >= 15 is 0 Å². The van der Waals surface area contributed by atoms with Crippen molar-refractivity contribution in [1.82, 2.24) is 10.1 Å². The van der Waals surface area contributed by atoms with Crippen LogP contribution in [0.25, 0.3) is 11.5 Å². The lowest BCUT2D eigenvalue weighted by atomic mass is 10.2. The van der Waals surface area contributed by atoms with Crippen LogP contribution in [0, 0.1) is 5.41 Å². The molecule has 0 radical (unpaired) electrons. The number of benzene rings is 1. The monoisotopic (exact) mass is 268 g/mol. The van der Waals surface area contributed by atoms with E-state index in [2.05, 4.69) is 10.1 Å². The van der Waals surface area contributed by atoms with Crippen molar-refractivity contribution in [2.24, 2.45) is 5.73 Å². The number of nitrogens with two attached hydrogens (primary N) is 1. The van der Waals surface area contributed by atoms with Gasteiger partial charge in [0.05, 0.1) is 16.3 Å². The fraction of sp³-hybridized carbons (Fsp3) is 0.100. The molecule has 2 rings (SSSR count). The number of thioether (sulfide) groups is 1. The molecule has 0 fully saturated rings.